The Morgan fingerprint density at radius 2 is 0.800 bits per heavy atom. The van der Waals surface area contributed by atoms with E-state index in [9.17, 15) is 9.59 Å². The molecule has 4 nitrogen and oxygen atoms in total. The first-order chi connectivity index (χ1) is 19.7. The van der Waals surface area contributed by atoms with Gasteiger partial charge >= 0.3 is 0 Å². The van der Waals surface area contributed by atoms with Gasteiger partial charge in [-0.1, -0.05) is 113 Å². The van der Waals surface area contributed by atoms with Crippen LogP contribution in [-0.2, 0) is 9.59 Å². The predicted octanol–water partition coefficient (Wildman–Crippen LogP) is 9.62. The maximum Gasteiger partial charge on any atom is 0.227 e. The zero-order valence-electron chi connectivity index (χ0n) is 24.8. The van der Waals surface area contributed by atoms with Gasteiger partial charge in [0.1, 0.15) is 0 Å². The van der Waals surface area contributed by atoms with Crippen molar-refractivity contribution in [3.8, 4) is 0 Å². The summed E-state index contributed by atoms with van der Waals surface area (Å²) in [6, 6.07) is 21.4. The Labute approximate surface area is 243 Å². The maximum atomic E-state index is 13.2. The second-order valence-electron chi connectivity index (χ2n) is 12.1. The van der Waals surface area contributed by atoms with Crippen molar-refractivity contribution in [2.24, 2.45) is 0 Å². The van der Waals surface area contributed by atoms with Crippen molar-refractivity contribution in [3.05, 3.63) is 60.7 Å². The summed E-state index contributed by atoms with van der Waals surface area (Å²) in [5, 5.41) is 0. The molecule has 0 N–H and O–H groups in total. The smallest absolute Gasteiger partial charge is 0.227 e. The monoisotopic (exact) mass is 544 g/mol. The molecule has 0 saturated heterocycles. The lowest BCUT2D eigenvalue weighted by Gasteiger charge is -2.34. The number of carbonyl (C=O) groups excluding carboxylic acids is 2. The number of hydrogen-bond donors (Lipinski definition) is 0. The van der Waals surface area contributed by atoms with Crippen molar-refractivity contribution < 1.29 is 9.59 Å². The summed E-state index contributed by atoms with van der Waals surface area (Å²) in [6.07, 6.45) is 22.5. The molecular weight excluding hydrogens is 492 g/mol. The summed E-state index contributed by atoms with van der Waals surface area (Å²) in [5.74, 6) is 0.612. The average Bonchev–Trinajstić information content (AvgIpc) is 3.00. The average molecular weight is 545 g/mol. The fourth-order valence-corrected chi connectivity index (χ4v) is 6.83. The molecule has 0 heterocycles. The summed E-state index contributed by atoms with van der Waals surface area (Å²) in [5.41, 5.74) is 2.15. The first-order valence-corrected chi connectivity index (χ1v) is 16.5. The van der Waals surface area contributed by atoms with E-state index in [1.165, 1.54) is 64.2 Å². The Morgan fingerprint density at radius 3 is 1.15 bits per heavy atom. The molecule has 2 aromatic rings. The first-order valence-electron chi connectivity index (χ1n) is 16.5. The van der Waals surface area contributed by atoms with Gasteiger partial charge in [0.2, 0.25) is 11.8 Å². The molecule has 4 heteroatoms. The van der Waals surface area contributed by atoms with Gasteiger partial charge in [0.25, 0.3) is 0 Å². The number of unbranched alkanes of at least 4 members (excludes halogenated alkanes) is 7. The quantitative estimate of drug-likeness (QED) is 0.209. The maximum absolute atomic E-state index is 13.2. The molecule has 0 atom stereocenters. The molecule has 2 aliphatic carbocycles. The van der Waals surface area contributed by atoms with Crippen molar-refractivity contribution in [1.82, 2.24) is 0 Å². The highest BCUT2D eigenvalue weighted by Gasteiger charge is 2.27. The van der Waals surface area contributed by atoms with Crippen molar-refractivity contribution in [2.75, 3.05) is 9.80 Å². The van der Waals surface area contributed by atoms with Crippen molar-refractivity contribution >= 4 is 23.2 Å². The van der Waals surface area contributed by atoms with Gasteiger partial charge in [-0.15, -0.1) is 0 Å². The highest BCUT2D eigenvalue weighted by atomic mass is 16.2. The molecule has 2 saturated carbocycles. The lowest BCUT2D eigenvalue weighted by atomic mass is 9.93. The molecule has 40 heavy (non-hydrogen) atoms. The van der Waals surface area contributed by atoms with Crippen LogP contribution in [0.1, 0.15) is 128 Å². The van der Waals surface area contributed by atoms with Crippen LogP contribution in [0.2, 0.25) is 0 Å². The number of anilines is 2. The van der Waals surface area contributed by atoms with Gasteiger partial charge in [0.15, 0.2) is 0 Å². The molecule has 218 valence electrons. The van der Waals surface area contributed by atoms with Crippen LogP contribution >= 0.6 is 0 Å². The third-order valence-corrected chi connectivity index (χ3v) is 9.02. The highest BCUT2D eigenvalue weighted by molar-refractivity contribution is 5.94. The van der Waals surface area contributed by atoms with E-state index in [0.717, 1.165) is 62.7 Å². The van der Waals surface area contributed by atoms with Gasteiger partial charge in [-0.3, -0.25) is 9.59 Å². The summed E-state index contributed by atoms with van der Waals surface area (Å²) in [6.45, 7) is 0. The van der Waals surface area contributed by atoms with Crippen molar-refractivity contribution in [3.63, 3.8) is 0 Å². The van der Waals surface area contributed by atoms with E-state index in [0.29, 0.717) is 36.7 Å². The van der Waals surface area contributed by atoms with Crippen LogP contribution in [0.3, 0.4) is 0 Å². The lowest BCUT2D eigenvalue weighted by molar-refractivity contribution is -0.120. The Bertz CT molecular complexity index is 899. The van der Waals surface area contributed by atoms with Crippen molar-refractivity contribution in [1.29, 1.82) is 0 Å². The number of rotatable bonds is 15. The Morgan fingerprint density at radius 1 is 0.475 bits per heavy atom. The minimum Gasteiger partial charge on any atom is -0.309 e. The van der Waals surface area contributed by atoms with E-state index in [2.05, 4.69) is 34.1 Å². The van der Waals surface area contributed by atoms with Crippen LogP contribution in [-0.4, -0.2) is 23.9 Å². The molecule has 0 bridgehead atoms. The zero-order valence-corrected chi connectivity index (χ0v) is 24.8. The SMILES string of the molecule is O=C(CCCCCCCCCCC(=O)N(c1ccccc1)C1CCCCC1)N(c1ccccc1)C1CCCCC1. The van der Waals surface area contributed by atoms with Gasteiger partial charge in [-0.25, -0.2) is 0 Å². The number of hydrogen-bond acceptors (Lipinski definition) is 2. The summed E-state index contributed by atoms with van der Waals surface area (Å²) in [4.78, 5) is 30.7. The van der Waals surface area contributed by atoms with Gasteiger partial charge in [0, 0.05) is 36.3 Å². The minimum atomic E-state index is 0.306. The van der Waals surface area contributed by atoms with Gasteiger partial charge < -0.3 is 9.80 Å². The zero-order chi connectivity index (χ0) is 27.8. The normalized spacial score (nSPS) is 16.5. The first kappa shape index (κ1) is 30.3. The Kier molecular flexibility index (Phi) is 13.1. The molecule has 2 amide bonds. The molecule has 0 aromatic heterocycles. The van der Waals surface area contributed by atoms with E-state index in [-0.39, 0.29) is 0 Å². The van der Waals surface area contributed by atoms with Gasteiger partial charge in [-0.2, -0.15) is 0 Å². The third kappa shape index (κ3) is 9.49. The van der Waals surface area contributed by atoms with Crippen LogP contribution in [0, 0.1) is 0 Å². The molecule has 4 rings (SSSR count). The molecule has 0 aliphatic heterocycles. The van der Waals surface area contributed by atoms with Crippen LogP contribution in [0.4, 0.5) is 11.4 Å². The van der Waals surface area contributed by atoms with Crippen LogP contribution < -0.4 is 9.80 Å². The predicted molar refractivity (Wildman–Crippen MR) is 168 cm³/mol. The Hall–Kier alpha value is -2.62. The molecular formula is C36H52N2O2. The van der Waals surface area contributed by atoms with E-state index in [1.807, 2.05) is 36.4 Å². The molecule has 2 aromatic carbocycles. The minimum absolute atomic E-state index is 0.306. The fourth-order valence-electron chi connectivity index (χ4n) is 6.83. The number of para-hydroxylation sites is 2. The fraction of sp³-hybridized carbons (Fsp3) is 0.611. The van der Waals surface area contributed by atoms with Gasteiger partial charge in [0.05, 0.1) is 0 Å². The van der Waals surface area contributed by atoms with Crippen LogP contribution in [0.25, 0.3) is 0 Å². The molecule has 2 fully saturated rings. The molecule has 0 spiro atoms. The second kappa shape index (κ2) is 17.3. The Balaban J connectivity index is 1.09. The van der Waals surface area contributed by atoms with E-state index in [4.69, 9.17) is 0 Å². The van der Waals surface area contributed by atoms with E-state index < -0.39 is 0 Å². The number of carbonyl (C=O) groups is 2. The second-order valence-corrected chi connectivity index (χ2v) is 12.1. The van der Waals surface area contributed by atoms with E-state index in [1.54, 1.807) is 0 Å². The van der Waals surface area contributed by atoms with Crippen LogP contribution in [0.5, 0.6) is 0 Å². The number of amides is 2. The standard InChI is InChI=1S/C36H52N2O2/c39-35(37(31-21-11-7-12-22-31)32-23-13-8-14-24-32)29-19-5-3-1-2-4-6-20-30-36(40)38(33-25-15-9-16-26-33)34-27-17-10-18-28-34/h7,9,11-12,15-16,21-22,25-26,32,34H,1-6,8,10,13-14,17-20,23-24,27-30H2. The van der Waals surface area contributed by atoms with Gasteiger partial charge in [-0.05, 0) is 62.8 Å². The largest absolute Gasteiger partial charge is 0.309 e. The molecule has 0 unspecified atom stereocenters. The topological polar surface area (TPSA) is 40.6 Å². The number of nitrogens with zero attached hydrogens (tertiary/aromatic N) is 2. The highest BCUT2D eigenvalue weighted by Crippen LogP contribution is 2.30. The molecule has 2 aliphatic rings. The lowest BCUT2D eigenvalue weighted by Crippen LogP contribution is -2.41. The van der Waals surface area contributed by atoms with E-state index >= 15 is 0 Å². The summed E-state index contributed by atoms with van der Waals surface area (Å²) in [7, 11) is 0. The van der Waals surface area contributed by atoms with Crippen molar-refractivity contribution in [2.45, 2.75) is 141 Å². The summed E-state index contributed by atoms with van der Waals surface area (Å²) >= 11 is 0. The van der Waals surface area contributed by atoms with Crippen LogP contribution in [0.15, 0.2) is 60.7 Å². The summed E-state index contributed by atoms with van der Waals surface area (Å²) < 4.78 is 0. The third-order valence-electron chi connectivity index (χ3n) is 9.02. The molecule has 0 radical (unpaired) electrons. The number of benzene rings is 2.